The molecule has 1 fully saturated rings. The molecule has 0 aliphatic heterocycles. The fourth-order valence-electron chi connectivity index (χ4n) is 2.82. The lowest BCUT2D eigenvalue weighted by Crippen LogP contribution is -2.14. The zero-order valence-corrected chi connectivity index (χ0v) is 14.6. The summed E-state index contributed by atoms with van der Waals surface area (Å²) in [5, 5.41) is 10.2. The van der Waals surface area contributed by atoms with E-state index in [1.54, 1.807) is 30.4 Å². The normalized spacial score (nSPS) is 14.0. The van der Waals surface area contributed by atoms with E-state index in [0.29, 0.717) is 22.2 Å². The van der Waals surface area contributed by atoms with Gasteiger partial charge in [0.25, 0.3) is 0 Å². The van der Waals surface area contributed by atoms with Crippen molar-refractivity contribution in [1.29, 1.82) is 0 Å². The highest BCUT2D eigenvalue weighted by atomic mass is 19.1. The highest BCUT2D eigenvalue weighted by molar-refractivity contribution is 5.98. The summed E-state index contributed by atoms with van der Waals surface area (Å²) < 4.78 is 32.9. The summed E-state index contributed by atoms with van der Waals surface area (Å²) in [5.74, 6) is -0.994. The lowest BCUT2D eigenvalue weighted by molar-refractivity contribution is -0.117. The number of benzene rings is 2. The van der Waals surface area contributed by atoms with Gasteiger partial charge >= 0.3 is 0 Å². The monoisotopic (exact) mass is 369 g/mol. The van der Waals surface area contributed by atoms with Crippen molar-refractivity contribution in [3.63, 3.8) is 0 Å². The van der Waals surface area contributed by atoms with Gasteiger partial charge in [-0.1, -0.05) is 12.1 Å². The van der Waals surface area contributed by atoms with Gasteiger partial charge in [0.2, 0.25) is 5.91 Å². The summed E-state index contributed by atoms with van der Waals surface area (Å²) in [7, 11) is 1.41. The van der Waals surface area contributed by atoms with E-state index in [1.165, 1.54) is 19.2 Å². The van der Waals surface area contributed by atoms with Crippen molar-refractivity contribution in [3.05, 3.63) is 53.2 Å². The SMILES string of the molecule is COc1ccc(C=Cc2n[nH]c3cc(F)c(NC(=O)C4CC4)cc23)cc1F. The highest BCUT2D eigenvalue weighted by Gasteiger charge is 2.30. The third kappa shape index (κ3) is 3.53. The third-order valence-electron chi connectivity index (χ3n) is 4.50. The fourth-order valence-corrected chi connectivity index (χ4v) is 2.82. The Morgan fingerprint density at radius 1 is 1.22 bits per heavy atom. The maximum atomic E-state index is 14.2. The van der Waals surface area contributed by atoms with Gasteiger partial charge in [0, 0.05) is 17.4 Å². The van der Waals surface area contributed by atoms with Gasteiger partial charge in [-0.05, 0) is 42.7 Å². The van der Waals surface area contributed by atoms with Crippen LogP contribution in [0.25, 0.3) is 23.1 Å². The molecule has 1 aromatic heterocycles. The number of anilines is 1. The highest BCUT2D eigenvalue weighted by Crippen LogP contribution is 2.32. The van der Waals surface area contributed by atoms with Crippen LogP contribution in [0, 0.1) is 17.6 Å². The minimum Gasteiger partial charge on any atom is -0.494 e. The minimum absolute atomic E-state index is 0.0196. The van der Waals surface area contributed by atoms with E-state index in [9.17, 15) is 13.6 Å². The van der Waals surface area contributed by atoms with E-state index in [0.717, 1.165) is 12.8 Å². The molecule has 0 bridgehead atoms. The molecule has 0 radical (unpaired) electrons. The molecule has 2 N–H and O–H groups in total. The molecular formula is C20H17F2N3O2. The first-order valence-corrected chi connectivity index (χ1v) is 8.55. The maximum absolute atomic E-state index is 14.2. The molecule has 1 aliphatic carbocycles. The van der Waals surface area contributed by atoms with Crippen LogP contribution in [0.15, 0.2) is 30.3 Å². The Kier molecular flexibility index (Phi) is 4.35. The van der Waals surface area contributed by atoms with Crippen LogP contribution < -0.4 is 10.1 Å². The lowest BCUT2D eigenvalue weighted by Gasteiger charge is -2.06. The molecule has 1 saturated carbocycles. The second-order valence-electron chi connectivity index (χ2n) is 6.48. The van der Waals surface area contributed by atoms with Gasteiger partial charge in [-0.3, -0.25) is 9.89 Å². The van der Waals surface area contributed by atoms with Crippen LogP contribution >= 0.6 is 0 Å². The Morgan fingerprint density at radius 2 is 2.04 bits per heavy atom. The molecule has 1 aliphatic rings. The van der Waals surface area contributed by atoms with Crippen LogP contribution in [0.4, 0.5) is 14.5 Å². The second-order valence-corrected chi connectivity index (χ2v) is 6.48. The van der Waals surface area contributed by atoms with Crippen LogP contribution in [0.1, 0.15) is 24.1 Å². The summed E-state index contributed by atoms with van der Waals surface area (Å²) in [6.07, 6.45) is 5.08. The fraction of sp³-hybridized carbons (Fsp3) is 0.200. The molecule has 4 rings (SSSR count). The van der Waals surface area contributed by atoms with Gasteiger partial charge in [0.1, 0.15) is 5.82 Å². The van der Waals surface area contributed by atoms with E-state index < -0.39 is 11.6 Å². The molecule has 5 nitrogen and oxygen atoms in total. The number of nitrogens with zero attached hydrogens (tertiary/aromatic N) is 1. The molecule has 0 spiro atoms. The number of fused-ring (bicyclic) bond motifs is 1. The Labute approximate surface area is 154 Å². The topological polar surface area (TPSA) is 67.0 Å². The largest absolute Gasteiger partial charge is 0.494 e. The number of hydrogen-bond donors (Lipinski definition) is 2. The van der Waals surface area contributed by atoms with Crippen molar-refractivity contribution in [2.45, 2.75) is 12.8 Å². The zero-order valence-electron chi connectivity index (χ0n) is 14.6. The first-order valence-electron chi connectivity index (χ1n) is 8.55. The number of amides is 1. The van der Waals surface area contributed by atoms with Crippen LogP contribution in [-0.4, -0.2) is 23.2 Å². The first-order chi connectivity index (χ1) is 13.0. The van der Waals surface area contributed by atoms with E-state index >= 15 is 0 Å². The van der Waals surface area contributed by atoms with Crippen LogP contribution in [-0.2, 0) is 4.79 Å². The Morgan fingerprint density at radius 3 is 2.74 bits per heavy atom. The number of aromatic nitrogens is 2. The van der Waals surface area contributed by atoms with Crippen LogP contribution in [0.2, 0.25) is 0 Å². The predicted molar refractivity (Wildman–Crippen MR) is 99.3 cm³/mol. The standard InChI is InChI=1S/C20H17F2N3O2/c1-27-19-7-3-11(8-15(19)22)2-6-16-13-9-18(23-20(26)12-4-5-12)14(21)10-17(13)25-24-16/h2-3,6-10,12H,4-5H2,1H3,(H,23,26)(H,24,25). The average molecular weight is 369 g/mol. The number of hydrogen-bond acceptors (Lipinski definition) is 3. The molecular weight excluding hydrogens is 352 g/mol. The number of carbonyl (C=O) groups is 1. The number of halogens is 2. The number of H-pyrrole nitrogens is 1. The summed E-state index contributed by atoms with van der Waals surface area (Å²) in [6.45, 7) is 0. The van der Waals surface area contributed by atoms with Gasteiger partial charge in [-0.15, -0.1) is 0 Å². The van der Waals surface area contributed by atoms with E-state index in [2.05, 4.69) is 15.5 Å². The molecule has 138 valence electrons. The number of nitrogens with one attached hydrogen (secondary N) is 2. The van der Waals surface area contributed by atoms with Gasteiger partial charge in [0.05, 0.1) is 24.0 Å². The number of aromatic amines is 1. The lowest BCUT2D eigenvalue weighted by atomic mass is 10.1. The van der Waals surface area contributed by atoms with Crippen molar-refractivity contribution in [2.75, 3.05) is 12.4 Å². The molecule has 0 unspecified atom stereocenters. The second kappa shape index (κ2) is 6.83. The quantitative estimate of drug-likeness (QED) is 0.702. The number of carbonyl (C=O) groups excluding carboxylic acids is 1. The third-order valence-corrected chi connectivity index (χ3v) is 4.50. The van der Waals surface area contributed by atoms with Crippen molar-refractivity contribution >= 4 is 34.6 Å². The zero-order chi connectivity index (χ0) is 19.0. The van der Waals surface area contributed by atoms with Crippen molar-refractivity contribution in [3.8, 4) is 5.75 Å². The molecule has 1 amide bonds. The number of methoxy groups -OCH3 is 1. The van der Waals surface area contributed by atoms with Gasteiger partial charge in [-0.25, -0.2) is 8.78 Å². The van der Waals surface area contributed by atoms with Gasteiger partial charge < -0.3 is 10.1 Å². The maximum Gasteiger partial charge on any atom is 0.227 e. The molecule has 1 heterocycles. The predicted octanol–water partition coefficient (Wildman–Crippen LogP) is 4.37. The number of ether oxygens (including phenoxy) is 1. The summed E-state index contributed by atoms with van der Waals surface area (Å²) in [6, 6.07) is 7.47. The van der Waals surface area contributed by atoms with Crippen molar-refractivity contribution in [1.82, 2.24) is 10.2 Å². The van der Waals surface area contributed by atoms with Gasteiger partial charge in [-0.2, -0.15) is 5.10 Å². The number of rotatable bonds is 5. The van der Waals surface area contributed by atoms with Crippen molar-refractivity contribution in [2.24, 2.45) is 5.92 Å². The minimum atomic E-state index is -0.520. The van der Waals surface area contributed by atoms with Crippen LogP contribution in [0.5, 0.6) is 5.75 Å². The summed E-state index contributed by atoms with van der Waals surface area (Å²) in [4.78, 5) is 11.9. The van der Waals surface area contributed by atoms with E-state index in [4.69, 9.17) is 4.74 Å². The smallest absolute Gasteiger partial charge is 0.227 e. The Balaban J connectivity index is 1.63. The van der Waals surface area contributed by atoms with Crippen molar-refractivity contribution < 1.29 is 18.3 Å². The summed E-state index contributed by atoms with van der Waals surface area (Å²) in [5.41, 5.74) is 1.83. The Bertz CT molecular complexity index is 1050. The molecule has 3 aromatic rings. The van der Waals surface area contributed by atoms with E-state index in [1.807, 2.05) is 0 Å². The average Bonchev–Trinajstić information content (AvgIpc) is 3.43. The molecule has 7 heteroatoms. The molecule has 0 saturated heterocycles. The van der Waals surface area contributed by atoms with E-state index in [-0.39, 0.29) is 23.3 Å². The molecule has 27 heavy (non-hydrogen) atoms. The van der Waals surface area contributed by atoms with Crippen LogP contribution in [0.3, 0.4) is 0 Å². The first kappa shape index (κ1) is 17.2. The van der Waals surface area contributed by atoms with Gasteiger partial charge in [0.15, 0.2) is 11.6 Å². The molecule has 0 atom stereocenters. The molecule has 2 aromatic carbocycles. The summed E-state index contributed by atoms with van der Waals surface area (Å²) >= 11 is 0. The Hall–Kier alpha value is -3.22.